The minimum Gasteiger partial charge on any atom is -0.442 e. The summed E-state index contributed by atoms with van der Waals surface area (Å²) in [6.07, 6.45) is 2.52. The molecule has 0 aliphatic carbocycles. The van der Waals surface area contributed by atoms with E-state index in [1.807, 2.05) is 9.80 Å². The van der Waals surface area contributed by atoms with E-state index < -0.39 is 18.0 Å². The maximum absolute atomic E-state index is 15.0. The molecule has 35 heavy (non-hydrogen) atoms. The lowest BCUT2D eigenvalue weighted by Crippen LogP contribution is -2.49. The van der Waals surface area contributed by atoms with Gasteiger partial charge in [0.15, 0.2) is 0 Å². The highest BCUT2D eigenvalue weighted by atomic mass is 79.9. The van der Waals surface area contributed by atoms with Crippen LogP contribution in [0, 0.1) is 5.82 Å². The van der Waals surface area contributed by atoms with Gasteiger partial charge in [0.25, 0.3) is 0 Å². The second-order valence-electron chi connectivity index (χ2n) is 8.30. The minimum atomic E-state index is -0.589. The predicted octanol–water partition coefficient (Wildman–Crippen LogP) is 2.18. The summed E-state index contributed by atoms with van der Waals surface area (Å²) in [5.74, 6) is -0.0766. The number of alkyl halides is 1. The van der Waals surface area contributed by atoms with Crippen LogP contribution in [-0.2, 0) is 14.3 Å². The number of ether oxygens (including phenoxy) is 1. The Labute approximate surface area is 210 Å². The molecular weight excluding hydrogens is 523 g/mol. The summed E-state index contributed by atoms with van der Waals surface area (Å²) in [6, 6.07) is 4.48. The van der Waals surface area contributed by atoms with Crippen molar-refractivity contribution in [2.75, 3.05) is 54.4 Å². The van der Waals surface area contributed by atoms with Crippen LogP contribution in [0.25, 0.3) is 11.1 Å². The Morgan fingerprint density at radius 1 is 1.20 bits per heavy atom. The first-order chi connectivity index (χ1) is 16.9. The molecule has 12 heteroatoms. The van der Waals surface area contributed by atoms with Crippen molar-refractivity contribution < 1.29 is 23.5 Å². The molecule has 1 N–H and O–H groups in total. The number of amides is 3. The number of anilines is 2. The van der Waals surface area contributed by atoms with Crippen LogP contribution >= 0.6 is 15.9 Å². The van der Waals surface area contributed by atoms with Crippen molar-refractivity contribution in [3.63, 3.8) is 0 Å². The highest BCUT2D eigenvalue weighted by Crippen LogP contribution is 2.29. The first kappa shape index (κ1) is 24.8. The molecule has 1 aromatic heterocycles. The van der Waals surface area contributed by atoms with Crippen molar-refractivity contribution in [3.8, 4) is 11.1 Å². The maximum Gasteiger partial charge on any atom is 0.414 e. The molecule has 1 atom stereocenters. The molecule has 2 fully saturated rings. The molecule has 186 valence electrons. The van der Waals surface area contributed by atoms with Crippen LogP contribution < -0.4 is 15.1 Å². The molecule has 3 amide bonds. The number of carbonyl (C=O) groups is 3. The largest absolute Gasteiger partial charge is 0.442 e. The molecule has 0 spiro atoms. The Balaban J connectivity index is 1.39. The lowest BCUT2D eigenvalue weighted by molar-refractivity contribution is -0.131. The number of aromatic nitrogens is 2. The second-order valence-corrected chi connectivity index (χ2v) is 9.09. The summed E-state index contributed by atoms with van der Waals surface area (Å²) >= 11 is 3.29. The van der Waals surface area contributed by atoms with Gasteiger partial charge in [0.1, 0.15) is 11.9 Å². The van der Waals surface area contributed by atoms with Gasteiger partial charge in [-0.1, -0.05) is 15.9 Å². The number of benzene rings is 1. The van der Waals surface area contributed by atoms with Crippen molar-refractivity contribution >= 4 is 45.5 Å². The van der Waals surface area contributed by atoms with E-state index in [1.165, 1.54) is 17.9 Å². The number of nitrogens with zero attached hydrogens (tertiary/aromatic N) is 5. The van der Waals surface area contributed by atoms with Crippen molar-refractivity contribution in [2.24, 2.45) is 0 Å². The van der Waals surface area contributed by atoms with E-state index >= 15 is 0 Å². The Kier molecular flexibility index (Phi) is 7.79. The lowest BCUT2D eigenvalue weighted by Gasteiger charge is -2.34. The summed E-state index contributed by atoms with van der Waals surface area (Å²) in [5, 5.41) is 3.26. The predicted molar refractivity (Wildman–Crippen MR) is 131 cm³/mol. The monoisotopic (exact) mass is 548 g/mol. The molecule has 2 aromatic rings. The number of hydrogen-bond acceptors (Lipinski definition) is 7. The SMILES string of the molecule is CC(=O)NC[C@H]1CN(c2ccc(-c3cnc(N4CCN(C(=O)CCBr)CC4)nc3)c(F)c2)C(=O)O1. The molecule has 2 aliphatic heterocycles. The maximum atomic E-state index is 15.0. The fourth-order valence-electron chi connectivity index (χ4n) is 4.02. The van der Waals surface area contributed by atoms with Crippen LogP contribution in [0.1, 0.15) is 13.3 Å². The Morgan fingerprint density at radius 3 is 2.54 bits per heavy atom. The van der Waals surface area contributed by atoms with Gasteiger partial charge in [-0.05, 0) is 18.2 Å². The molecule has 2 saturated heterocycles. The van der Waals surface area contributed by atoms with Crippen LogP contribution in [0.5, 0.6) is 0 Å². The van der Waals surface area contributed by atoms with E-state index in [4.69, 9.17) is 4.74 Å². The van der Waals surface area contributed by atoms with Crippen molar-refractivity contribution in [2.45, 2.75) is 19.4 Å². The number of halogens is 2. The van der Waals surface area contributed by atoms with Crippen LogP contribution in [-0.4, -0.2) is 83.5 Å². The molecule has 0 bridgehead atoms. The summed E-state index contributed by atoms with van der Waals surface area (Å²) in [4.78, 5) is 49.3. The third kappa shape index (κ3) is 5.87. The lowest BCUT2D eigenvalue weighted by atomic mass is 10.1. The van der Waals surface area contributed by atoms with Crippen LogP contribution in [0.4, 0.5) is 20.8 Å². The molecule has 2 aliphatic rings. The van der Waals surface area contributed by atoms with E-state index in [0.717, 1.165) is 0 Å². The average Bonchev–Trinajstić information content (AvgIpc) is 3.23. The van der Waals surface area contributed by atoms with Gasteiger partial charge in [0.05, 0.1) is 18.8 Å². The summed E-state index contributed by atoms with van der Waals surface area (Å²) in [5.41, 5.74) is 1.19. The number of rotatable bonds is 7. The van der Waals surface area contributed by atoms with Gasteiger partial charge in [0, 0.05) is 68.4 Å². The molecule has 0 unspecified atom stereocenters. The molecule has 0 saturated carbocycles. The van der Waals surface area contributed by atoms with Crippen LogP contribution in [0.3, 0.4) is 0 Å². The number of nitrogens with one attached hydrogen (secondary N) is 1. The first-order valence-electron chi connectivity index (χ1n) is 11.3. The molecule has 0 radical (unpaired) electrons. The highest BCUT2D eigenvalue weighted by Gasteiger charge is 2.32. The summed E-state index contributed by atoms with van der Waals surface area (Å²) in [6.45, 7) is 4.27. The zero-order chi connectivity index (χ0) is 24.9. The minimum absolute atomic E-state index is 0.127. The third-order valence-electron chi connectivity index (χ3n) is 5.89. The molecule has 4 rings (SSSR count). The van der Waals surface area contributed by atoms with E-state index in [0.29, 0.717) is 60.7 Å². The van der Waals surface area contributed by atoms with E-state index in [2.05, 4.69) is 31.2 Å². The van der Waals surface area contributed by atoms with Gasteiger partial charge in [-0.2, -0.15) is 0 Å². The number of piperazine rings is 1. The van der Waals surface area contributed by atoms with Crippen molar-refractivity contribution in [1.29, 1.82) is 0 Å². The topological polar surface area (TPSA) is 108 Å². The quantitative estimate of drug-likeness (QED) is 0.528. The normalized spacial score (nSPS) is 18.0. The fourth-order valence-corrected chi connectivity index (χ4v) is 4.36. The third-order valence-corrected chi connectivity index (χ3v) is 6.29. The average molecular weight is 549 g/mol. The van der Waals surface area contributed by atoms with Crippen LogP contribution in [0.2, 0.25) is 0 Å². The molecule has 3 heterocycles. The molecule has 10 nitrogen and oxygen atoms in total. The van der Waals surface area contributed by atoms with Gasteiger partial charge >= 0.3 is 6.09 Å². The Morgan fingerprint density at radius 2 is 1.91 bits per heavy atom. The van der Waals surface area contributed by atoms with Gasteiger partial charge < -0.3 is 19.9 Å². The van der Waals surface area contributed by atoms with Gasteiger partial charge in [-0.15, -0.1) is 0 Å². The fraction of sp³-hybridized carbons (Fsp3) is 0.435. The molecular formula is C23H26BrFN6O4. The van der Waals surface area contributed by atoms with Crippen molar-refractivity contribution in [1.82, 2.24) is 20.2 Å². The number of cyclic esters (lactones) is 1. The highest BCUT2D eigenvalue weighted by molar-refractivity contribution is 9.09. The van der Waals surface area contributed by atoms with Crippen molar-refractivity contribution in [3.05, 3.63) is 36.4 Å². The van der Waals surface area contributed by atoms with Gasteiger partial charge in [-0.3, -0.25) is 14.5 Å². The zero-order valence-electron chi connectivity index (χ0n) is 19.2. The number of hydrogen-bond donors (Lipinski definition) is 1. The van der Waals surface area contributed by atoms with E-state index in [9.17, 15) is 18.8 Å². The first-order valence-corrected chi connectivity index (χ1v) is 12.4. The number of carbonyl (C=O) groups excluding carboxylic acids is 3. The summed E-state index contributed by atoms with van der Waals surface area (Å²) < 4.78 is 20.2. The second kappa shape index (κ2) is 11.0. The smallest absolute Gasteiger partial charge is 0.414 e. The van der Waals surface area contributed by atoms with Gasteiger partial charge in [-0.25, -0.2) is 19.2 Å². The summed E-state index contributed by atoms with van der Waals surface area (Å²) in [7, 11) is 0. The van der Waals surface area contributed by atoms with Crippen LogP contribution in [0.15, 0.2) is 30.6 Å². The molecule has 1 aromatic carbocycles. The Bertz CT molecular complexity index is 1090. The van der Waals surface area contributed by atoms with Gasteiger partial charge in [0.2, 0.25) is 17.8 Å². The standard InChI is InChI=1S/C23H26BrFN6O4/c1-15(32)26-13-18-14-31(23(34)35-18)17-2-3-19(20(25)10-17)16-11-27-22(28-12-16)30-8-6-29(7-9-30)21(33)4-5-24/h2-3,10-12,18H,4-9,13-14H2,1H3,(H,26,32)/t18-/m0/s1. The van der Waals surface area contributed by atoms with E-state index in [-0.39, 0.29) is 24.9 Å². The Hall–Kier alpha value is -3.28. The zero-order valence-corrected chi connectivity index (χ0v) is 20.8. The van der Waals surface area contributed by atoms with E-state index in [1.54, 1.807) is 24.5 Å².